The standard InChI is InChI=1S/C11H21N/c1-9(2)12-7-5-4-6-11(12)8-10(11)3/h9-10H,4-8H2,1-3H3/t10-,11?/m1/s1. The fourth-order valence-electron chi connectivity index (χ4n) is 3.07. The van der Waals surface area contributed by atoms with Gasteiger partial charge in [0.2, 0.25) is 0 Å². The van der Waals surface area contributed by atoms with Gasteiger partial charge in [0, 0.05) is 11.6 Å². The molecule has 2 atom stereocenters. The predicted molar refractivity (Wildman–Crippen MR) is 52.2 cm³/mol. The average molecular weight is 167 g/mol. The second kappa shape index (κ2) is 2.73. The third-order valence-corrected chi connectivity index (χ3v) is 3.87. The van der Waals surface area contributed by atoms with E-state index in [1.165, 1.54) is 32.2 Å². The zero-order valence-corrected chi connectivity index (χ0v) is 8.64. The molecule has 1 saturated carbocycles. The van der Waals surface area contributed by atoms with Gasteiger partial charge < -0.3 is 0 Å². The van der Waals surface area contributed by atoms with E-state index in [4.69, 9.17) is 0 Å². The van der Waals surface area contributed by atoms with Gasteiger partial charge in [0.05, 0.1) is 0 Å². The summed E-state index contributed by atoms with van der Waals surface area (Å²) in [4.78, 5) is 2.75. The number of rotatable bonds is 1. The minimum Gasteiger partial charge on any atom is -0.295 e. The van der Waals surface area contributed by atoms with E-state index >= 15 is 0 Å². The molecule has 2 aliphatic rings. The first kappa shape index (κ1) is 8.55. The van der Waals surface area contributed by atoms with Crippen LogP contribution in [0.2, 0.25) is 0 Å². The molecule has 1 unspecified atom stereocenters. The Bertz CT molecular complexity index is 176. The topological polar surface area (TPSA) is 3.24 Å². The molecule has 0 amide bonds. The summed E-state index contributed by atoms with van der Waals surface area (Å²) in [5.74, 6) is 0.972. The minimum atomic E-state index is 0.659. The number of hydrogen-bond donors (Lipinski definition) is 0. The molecule has 0 N–H and O–H groups in total. The van der Waals surface area contributed by atoms with Crippen LogP contribution in [0, 0.1) is 5.92 Å². The van der Waals surface area contributed by atoms with Gasteiger partial charge in [-0.05, 0) is 45.6 Å². The third-order valence-electron chi connectivity index (χ3n) is 3.87. The molecule has 2 fully saturated rings. The van der Waals surface area contributed by atoms with Gasteiger partial charge in [0.15, 0.2) is 0 Å². The van der Waals surface area contributed by atoms with E-state index in [0.29, 0.717) is 5.54 Å². The van der Waals surface area contributed by atoms with Crippen molar-refractivity contribution >= 4 is 0 Å². The van der Waals surface area contributed by atoms with Gasteiger partial charge >= 0.3 is 0 Å². The van der Waals surface area contributed by atoms with Gasteiger partial charge in [-0.1, -0.05) is 13.3 Å². The van der Waals surface area contributed by atoms with Crippen LogP contribution in [-0.2, 0) is 0 Å². The van der Waals surface area contributed by atoms with Crippen LogP contribution in [0.3, 0.4) is 0 Å². The van der Waals surface area contributed by atoms with Crippen molar-refractivity contribution in [3.05, 3.63) is 0 Å². The van der Waals surface area contributed by atoms with Gasteiger partial charge in [-0.3, -0.25) is 4.90 Å². The first-order valence-electron chi connectivity index (χ1n) is 5.43. The van der Waals surface area contributed by atoms with Crippen molar-refractivity contribution in [3.63, 3.8) is 0 Å². The quantitative estimate of drug-likeness (QED) is 0.580. The largest absolute Gasteiger partial charge is 0.295 e. The summed E-state index contributed by atoms with van der Waals surface area (Å²) in [7, 11) is 0. The van der Waals surface area contributed by atoms with Crippen molar-refractivity contribution in [2.75, 3.05) is 6.54 Å². The minimum absolute atomic E-state index is 0.659. The lowest BCUT2D eigenvalue weighted by Gasteiger charge is -2.40. The molecule has 0 aromatic heterocycles. The molecule has 1 heteroatoms. The van der Waals surface area contributed by atoms with Crippen LogP contribution in [0.5, 0.6) is 0 Å². The second-order valence-corrected chi connectivity index (χ2v) is 4.95. The third kappa shape index (κ3) is 1.10. The zero-order chi connectivity index (χ0) is 8.77. The Morgan fingerprint density at radius 1 is 1.33 bits per heavy atom. The van der Waals surface area contributed by atoms with Crippen LogP contribution in [0.4, 0.5) is 0 Å². The molecule has 1 aliphatic carbocycles. The van der Waals surface area contributed by atoms with Crippen molar-refractivity contribution in [2.45, 2.75) is 58.0 Å². The molecule has 0 aromatic carbocycles. The molecular formula is C11H21N. The molecule has 0 bridgehead atoms. The van der Waals surface area contributed by atoms with Crippen molar-refractivity contribution in [1.29, 1.82) is 0 Å². The van der Waals surface area contributed by atoms with E-state index in [1.54, 1.807) is 0 Å². The Balaban J connectivity index is 2.09. The fraction of sp³-hybridized carbons (Fsp3) is 1.00. The summed E-state index contributed by atoms with van der Waals surface area (Å²) in [5, 5.41) is 0. The van der Waals surface area contributed by atoms with Gasteiger partial charge in [0.25, 0.3) is 0 Å². The van der Waals surface area contributed by atoms with Crippen LogP contribution in [0.1, 0.15) is 46.5 Å². The lowest BCUT2D eigenvalue weighted by Crippen LogP contribution is -2.46. The molecule has 2 rings (SSSR count). The summed E-state index contributed by atoms with van der Waals surface area (Å²) in [6, 6.07) is 0.759. The summed E-state index contributed by atoms with van der Waals surface area (Å²) >= 11 is 0. The monoisotopic (exact) mass is 167 g/mol. The van der Waals surface area contributed by atoms with E-state index in [0.717, 1.165) is 12.0 Å². The van der Waals surface area contributed by atoms with Crippen LogP contribution >= 0.6 is 0 Å². The summed E-state index contributed by atoms with van der Waals surface area (Å²) in [6.45, 7) is 8.46. The van der Waals surface area contributed by atoms with E-state index in [1.807, 2.05) is 0 Å². The number of piperidine rings is 1. The van der Waals surface area contributed by atoms with Gasteiger partial charge in [-0.2, -0.15) is 0 Å². The van der Waals surface area contributed by atoms with Crippen LogP contribution in [0.25, 0.3) is 0 Å². The highest BCUT2D eigenvalue weighted by molar-refractivity contribution is 5.11. The average Bonchev–Trinajstić information content (AvgIpc) is 2.62. The first-order chi connectivity index (χ1) is 5.67. The molecule has 0 aromatic rings. The smallest absolute Gasteiger partial charge is 0.0241 e. The molecular weight excluding hydrogens is 146 g/mol. The van der Waals surface area contributed by atoms with Gasteiger partial charge in [-0.15, -0.1) is 0 Å². The Labute approximate surface area is 76.1 Å². The maximum absolute atomic E-state index is 2.75. The fourth-order valence-corrected chi connectivity index (χ4v) is 3.07. The lowest BCUT2D eigenvalue weighted by atomic mass is 9.96. The Morgan fingerprint density at radius 3 is 2.42 bits per heavy atom. The Kier molecular flexibility index (Phi) is 1.95. The maximum atomic E-state index is 2.75. The van der Waals surface area contributed by atoms with Crippen molar-refractivity contribution in [3.8, 4) is 0 Å². The zero-order valence-electron chi connectivity index (χ0n) is 8.64. The highest BCUT2D eigenvalue weighted by Crippen LogP contribution is 2.54. The van der Waals surface area contributed by atoms with Gasteiger partial charge in [-0.25, -0.2) is 0 Å². The molecule has 70 valence electrons. The van der Waals surface area contributed by atoms with Crippen molar-refractivity contribution in [2.24, 2.45) is 5.92 Å². The Morgan fingerprint density at radius 2 is 2.00 bits per heavy atom. The van der Waals surface area contributed by atoms with Crippen molar-refractivity contribution < 1.29 is 0 Å². The highest BCUT2D eigenvalue weighted by Gasteiger charge is 2.56. The first-order valence-corrected chi connectivity index (χ1v) is 5.43. The van der Waals surface area contributed by atoms with Crippen molar-refractivity contribution in [1.82, 2.24) is 4.90 Å². The van der Waals surface area contributed by atoms with E-state index < -0.39 is 0 Å². The van der Waals surface area contributed by atoms with E-state index in [-0.39, 0.29) is 0 Å². The molecule has 0 radical (unpaired) electrons. The number of likely N-dealkylation sites (tertiary alicyclic amines) is 1. The molecule has 1 saturated heterocycles. The van der Waals surface area contributed by atoms with E-state index in [2.05, 4.69) is 25.7 Å². The molecule has 1 aliphatic heterocycles. The highest BCUT2D eigenvalue weighted by atomic mass is 15.3. The summed E-state index contributed by atoms with van der Waals surface area (Å²) in [6.07, 6.45) is 5.82. The number of nitrogens with zero attached hydrogens (tertiary/aromatic N) is 1. The van der Waals surface area contributed by atoms with Crippen LogP contribution in [-0.4, -0.2) is 23.0 Å². The maximum Gasteiger partial charge on any atom is 0.0241 e. The summed E-state index contributed by atoms with van der Waals surface area (Å²) in [5.41, 5.74) is 0.659. The Hall–Kier alpha value is -0.0400. The second-order valence-electron chi connectivity index (χ2n) is 4.95. The lowest BCUT2D eigenvalue weighted by molar-refractivity contribution is 0.0838. The SMILES string of the molecule is CC(C)N1CCCCC12C[C@H]2C. The van der Waals surface area contributed by atoms with Crippen LogP contribution in [0.15, 0.2) is 0 Å². The predicted octanol–water partition coefficient (Wildman–Crippen LogP) is 2.66. The number of hydrogen-bond acceptors (Lipinski definition) is 1. The van der Waals surface area contributed by atoms with Gasteiger partial charge in [0.1, 0.15) is 0 Å². The van der Waals surface area contributed by atoms with E-state index in [9.17, 15) is 0 Å². The molecule has 12 heavy (non-hydrogen) atoms. The van der Waals surface area contributed by atoms with Crippen LogP contribution < -0.4 is 0 Å². The molecule has 1 nitrogen and oxygen atoms in total. The normalized spacial score (nSPS) is 42.5. The summed E-state index contributed by atoms with van der Waals surface area (Å²) < 4.78 is 0. The molecule has 1 spiro atoms. The molecule has 1 heterocycles.